The number of aromatic nitrogens is 7. The molecule has 0 aliphatic carbocycles. The summed E-state index contributed by atoms with van der Waals surface area (Å²) in [5.41, 5.74) is 5.94. The highest BCUT2D eigenvalue weighted by atomic mass is 16.2. The highest BCUT2D eigenvalue weighted by Gasteiger charge is 2.22. The molecule has 216 valence electrons. The minimum atomic E-state index is -0.281. The molecule has 11 heteroatoms. The van der Waals surface area contributed by atoms with E-state index in [1.54, 1.807) is 10.9 Å². The van der Waals surface area contributed by atoms with Crippen molar-refractivity contribution in [2.45, 2.75) is 59.9 Å². The van der Waals surface area contributed by atoms with Crippen molar-refractivity contribution >= 4 is 17.3 Å². The molecular formula is C30H40N10O. The SMILES string of the molecule is CCCN1CCN(c2cncc(-c3cn(-c4cc(NC(=O)c5cc(CC)n(C(C)(C)C)n5)cnc4C)nn3)c2)CC1. The molecule has 5 rings (SSSR count). The number of amides is 1. The first-order valence-corrected chi connectivity index (χ1v) is 14.4. The Labute approximate surface area is 241 Å². The van der Waals surface area contributed by atoms with E-state index in [4.69, 9.17) is 0 Å². The van der Waals surface area contributed by atoms with Crippen LogP contribution in [0.4, 0.5) is 11.4 Å². The predicted octanol–water partition coefficient (Wildman–Crippen LogP) is 4.33. The number of anilines is 2. The van der Waals surface area contributed by atoms with Crippen LogP contribution in [0.15, 0.2) is 43.0 Å². The fraction of sp³-hybridized carbons (Fsp3) is 0.467. The zero-order valence-electron chi connectivity index (χ0n) is 24.9. The maximum Gasteiger partial charge on any atom is 0.276 e. The van der Waals surface area contributed by atoms with E-state index in [1.165, 1.54) is 6.42 Å². The second-order valence-corrected chi connectivity index (χ2v) is 11.5. The van der Waals surface area contributed by atoms with Crippen molar-refractivity contribution in [3.63, 3.8) is 0 Å². The second-order valence-electron chi connectivity index (χ2n) is 11.5. The van der Waals surface area contributed by atoms with Crippen molar-refractivity contribution < 1.29 is 4.79 Å². The van der Waals surface area contributed by atoms with Gasteiger partial charge in [-0.05, 0) is 65.3 Å². The molecule has 1 saturated heterocycles. The van der Waals surface area contributed by atoms with Crippen molar-refractivity contribution in [2.24, 2.45) is 0 Å². The van der Waals surface area contributed by atoms with Gasteiger partial charge in [-0.3, -0.25) is 24.3 Å². The third-order valence-corrected chi connectivity index (χ3v) is 7.37. The number of hydrogen-bond donors (Lipinski definition) is 1. The quantitative estimate of drug-likeness (QED) is 0.342. The Morgan fingerprint density at radius 3 is 2.49 bits per heavy atom. The van der Waals surface area contributed by atoms with E-state index in [0.717, 1.165) is 73.2 Å². The van der Waals surface area contributed by atoms with Gasteiger partial charge in [0.2, 0.25) is 0 Å². The number of nitrogens with one attached hydrogen (secondary N) is 1. The minimum Gasteiger partial charge on any atom is -0.368 e. The lowest BCUT2D eigenvalue weighted by molar-refractivity contribution is 0.102. The first kappa shape index (κ1) is 28.4. The first-order chi connectivity index (χ1) is 19.7. The van der Waals surface area contributed by atoms with E-state index < -0.39 is 0 Å². The molecule has 0 radical (unpaired) electrons. The van der Waals surface area contributed by atoms with Crippen LogP contribution < -0.4 is 10.2 Å². The predicted molar refractivity (Wildman–Crippen MR) is 161 cm³/mol. The van der Waals surface area contributed by atoms with E-state index in [9.17, 15) is 4.79 Å². The summed E-state index contributed by atoms with van der Waals surface area (Å²) in [5, 5.41) is 16.3. The van der Waals surface area contributed by atoms with Crippen LogP contribution in [0.1, 0.15) is 62.9 Å². The van der Waals surface area contributed by atoms with E-state index in [2.05, 4.69) is 81.2 Å². The molecule has 0 bridgehead atoms. The summed E-state index contributed by atoms with van der Waals surface area (Å²) in [6.45, 7) is 17.6. The number of pyridine rings is 2. The molecule has 1 amide bonds. The number of rotatable bonds is 8. The van der Waals surface area contributed by atoms with Gasteiger partial charge in [0.15, 0.2) is 5.69 Å². The topological polar surface area (TPSA) is 110 Å². The lowest BCUT2D eigenvalue weighted by atomic mass is 10.1. The largest absolute Gasteiger partial charge is 0.368 e. The standard InChI is InChI=1S/C30H40N10O/c1-7-9-37-10-12-38(13-11-37)25-14-22(17-31-19-25)27-20-39(36-34-27)28-15-23(18-32-21(28)3)33-29(41)26-16-24(8-2)40(35-26)30(4,5)6/h14-20H,7-13H2,1-6H3,(H,33,41). The summed E-state index contributed by atoms with van der Waals surface area (Å²) >= 11 is 0. The number of piperazine rings is 1. The van der Waals surface area contributed by atoms with Crippen molar-refractivity contribution in [1.29, 1.82) is 0 Å². The zero-order valence-corrected chi connectivity index (χ0v) is 24.9. The van der Waals surface area contributed by atoms with Crippen LogP contribution >= 0.6 is 0 Å². The van der Waals surface area contributed by atoms with Crippen LogP contribution in [0.3, 0.4) is 0 Å². The Morgan fingerprint density at radius 1 is 1.02 bits per heavy atom. The minimum absolute atomic E-state index is 0.216. The molecule has 5 heterocycles. The summed E-state index contributed by atoms with van der Waals surface area (Å²) in [4.78, 5) is 27.0. The van der Waals surface area contributed by atoms with Gasteiger partial charge in [0.1, 0.15) is 5.69 Å². The van der Waals surface area contributed by atoms with Crippen molar-refractivity contribution in [3.05, 3.63) is 60.1 Å². The zero-order chi connectivity index (χ0) is 29.1. The van der Waals surface area contributed by atoms with Crippen LogP contribution in [-0.2, 0) is 12.0 Å². The Kier molecular flexibility index (Phi) is 8.16. The summed E-state index contributed by atoms with van der Waals surface area (Å²) in [5.74, 6) is -0.281. The third kappa shape index (κ3) is 6.30. The maximum absolute atomic E-state index is 13.1. The Balaban J connectivity index is 1.33. The highest BCUT2D eigenvalue weighted by Crippen LogP contribution is 2.25. The third-order valence-electron chi connectivity index (χ3n) is 7.37. The average molecular weight is 557 g/mol. The number of aryl methyl sites for hydroxylation is 2. The fourth-order valence-corrected chi connectivity index (χ4v) is 5.18. The molecule has 4 aromatic heterocycles. The van der Waals surface area contributed by atoms with Crippen LogP contribution in [0, 0.1) is 6.92 Å². The Hall–Kier alpha value is -4.12. The smallest absolute Gasteiger partial charge is 0.276 e. The van der Waals surface area contributed by atoms with Gasteiger partial charge in [-0.2, -0.15) is 5.10 Å². The van der Waals surface area contributed by atoms with Crippen LogP contribution in [0.2, 0.25) is 0 Å². The Morgan fingerprint density at radius 2 is 1.80 bits per heavy atom. The number of hydrogen-bond acceptors (Lipinski definition) is 8. The molecular weight excluding hydrogens is 516 g/mol. The molecule has 0 saturated carbocycles. The van der Waals surface area contributed by atoms with Gasteiger partial charge >= 0.3 is 0 Å². The lowest BCUT2D eigenvalue weighted by Crippen LogP contribution is -2.46. The molecule has 4 aromatic rings. The second kappa shape index (κ2) is 11.8. The van der Waals surface area contributed by atoms with E-state index >= 15 is 0 Å². The molecule has 1 N–H and O–H groups in total. The summed E-state index contributed by atoms with van der Waals surface area (Å²) in [6.07, 6.45) is 9.21. The summed E-state index contributed by atoms with van der Waals surface area (Å²) in [7, 11) is 0. The summed E-state index contributed by atoms with van der Waals surface area (Å²) in [6, 6.07) is 5.82. The van der Waals surface area contributed by atoms with Gasteiger partial charge in [-0.25, -0.2) is 4.68 Å². The van der Waals surface area contributed by atoms with Crippen LogP contribution in [0.5, 0.6) is 0 Å². The molecule has 1 aliphatic rings. The molecule has 0 atom stereocenters. The molecule has 1 aliphatic heterocycles. The number of nitrogens with zero attached hydrogens (tertiary/aromatic N) is 9. The first-order valence-electron chi connectivity index (χ1n) is 14.4. The van der Waals surface area contributed by atoms with Gasteiger partial charge in [0, 0.05) is 43.6 Å². The summed E-state index contributed by atoms with van der Waals surface area (Å²) < 4.78 is 3.60. The average Bonchev–Trinajstić information content (AvgIpc) is 3.63. The molecule has 11 nitrogen and oxygen atoms in total. The molecule has 1 fully saturated rings. The van der Waals surface area contributed by atoms with Crippen LogP contribution in [0.25, 0.3) is 16.9 Å². The van der Waals surface area contributed by atoms with Gasteiger partial charge in [-0.1, -0.05) is 19.1 Å². The molecule has 0 unspecified atom stereocenters. The monoisotopic (exact) mass is 556 g/mol. The van der Waals surface area contributed by atoms with Crippen molar-refractivity contribution in [2.75, 3.05) is 42.9 Å². The molecule has 41 heavy (non-hydrogen) atoms. The van der Waals surface area contributed by atoms with Gasteiger partial charge in [0.25, 0.3) is 5.91 Å². The van der Waals surface area contributed by atoms with Crippen LogP contribution in [-0.4, -0.2) is 78.3 Å². The number of carbonyl (C=O) groups is 1. The molecule has 0 aromatic carbocycles. The van der Waals surface area contributed by atoms with Gasteiger partial charge < -0.3 is 10.2 Å². The normalized spacial score (nSPS) is 14.4. The van der Waals surface area contributed by atoms with Gasteiger partial charge in [0.05, 0.1) is 46.9 Å². The molecule has 0 spiro atoms. The lowest BCUT2D eigenvalue weighted by Gasteiger charge is -2.35. The number of carbonyl (C=O) groups excluding carboxylic acids is 1. The van der Waals surface area contributed by atoms with Crippen molar-refractivity contribution in [3.8, 4) is 16.9 Å². The highest BCUT2D eigenvalue weighted by molar-refractivity contribution is 6.03. The van der Waals surface area contributed by atoms with E-state index in [-0.39, 0.29) is 11.4 Å². The van der Waals surface area contributed by atoms with Gasteiger partial charge in [-0.15, -0.1) is 5.10 Å². The fourth-order valence-electron chi connectivity index (χ4n) is 5.18. The van der Waals surface area contributed by atoms with E-state index in [0.29, 0.717) is 11.4 Å². The van der Waals surface area contributed by atoms with E-state index in [1.807, 2.05) is 42.3 Å². The van der Waals surface area contributed by atoms with Crippen molar-refractivity contribution in [1.82, 2.24) is 39.6 Å². The maximum atomic E-state index is 13.1. The Bertz CT molecular complexity index is 1510.